The number of aliphatic carboxylic acids is 1. The third-order valence-electron chi connectivity index (χ3n) is 3.17. The first-order valence-corrected chi connectivity index (χ1v) is 6.18. The summed E-state index contributed by atoms with van der Waals surface area (Å²) in [4.78, 5) is 11.8. The van der Waals surface area contributed by atoms with E-state index >= 15 is 0 Å². The fourth-order valence-electron chi connectivity index (χ4n) is 2.52. The van der Waals surface area contributed by atoms with Crippen molar-refractivity contribution in [1.29, 1.82) is 0 Å². The van der Waals surface area contributed by atoms with Gasteiger partial charge in [0.1, 0.15) is 11.4 Å². The van der Waals surface area contributed by atoms with Crippen molar-refractivity contribution >= 4 is 5.97 Å². The lowest BCUT2D eigenvalue weighted by molar-refractivity contribution is -0.181. The molecule has 0 aliphatic carbocycles. The van der Waals surface area contributed by atoms with Crippen molar-refractivity contribution in [1.82, 2.24) is 0 Å². The van der Waals surface area contributed by atoms with Gasteiger partial charge in [-0.15, -0.1) is 0 Å². The van der Waals surface area contributed by atoms with Crippen LogP contribution in [0.25, 0.3) is 0 Å². The highest BCUT2D eigenvalue weighted by atomic mass is 16.5. The molecule has 5 nitrogen and oxygen atoms in total. The van der Waals surface area contributed by atoms with Gasteiger partial charge in [0.15, 0.2) is 5.60 Å². The molecule has 1 unspecified atom stereocenters. The van der Waals surface area contributed by atoms with Gasteiger partial charge in [-0.1, -0.05) is 18.2 Å². The molecule has 1 aromatic rings. The maximum absolute atomic E-state index is 11.8. The van der Waals surface area contributed by atoms with E-state index in [1.807, 2.05) is 13.8 Å². The Balaban J connectivity index is 2.54. The predicted molar refractivity (Wildman–Crippen MR) is 68.1 cm³/mol. The average molecular weight is 266 g/mol. The first kappa shape index (κ1) is 13.8. The highest BCUT2D eigenvalue weighted by Crippen LogP contribution is 2.45. The summed E-state index contributed by atoms with van der Waals surface area (Å²) in [5.74, 6) is -0.552. The molecule has 104 valence electrons. The molecule has 2 N–H and O–H groups in total. The van der Waals surface area contributed by atoms with E-state index in [9.17, 15) is 9.90 Å². The number of carbonyl (C=O) groups is 1. The van der Waals surface area contributed by atoms with Gasteiger partial charge in [-0.3, -0.25) is 0 Å². The second kappa shape index (κ2) is 4.83. The third kappa shape index (κ3) is 2.43. The number of carboxylic acids is 1. The normalized spacial score (nSPS) is 24.4. The zero-order valence-corrected chi connectivity index (χ0v) is 11.0. The van der Waals surface area contributed by atoms with Gasteiger partial charge in [-0.05, 0) is 19.9 Å². The summed E-state index contributed by atoms with van der Waals surface area (Å²) in [7, 11) is 0. The maximum Gasteiger partial charge on any atom is 0.340 e. The fraction of sp³-hybridized carbons (Fsp3) is 0.500. The largest absolute Gasteiger partial charge is 0.487 e. The SMILES string of the molecule is CC1(C)CC(OCCO)(C(=O)O)c2ccccc2O1. The Labute approximate surface area is 111 Å². The Morgan fingerprint density at radius 3 is 2.74 bits per heavy atom. The van der Waals surface area contributed by atoms with Gasteiger partial charge in [0, 0.05) is 12.0 Å². The summed E-state index contributed by atoms with van der Waals surface area (Å²) in [6.45, 7) is 3.39. The summed E-state index contributed by atoms with van der Waals surface area (Å²) < 4.78 is 11.3. The zero-order chi connectivity index (χ0) is 14.1. The van der Waals surface area contributed by atoms with Crippen LogP contribution in [0.1, 0.15) is 25.8 Å². The van der Waals surface area contributed by atoms with Crippen LogP contribution in [0.2, 0.25) is 0 Å². The molecule has 0 saturated carbocycles. The minimum absolute atomic E-state index is 0.0310. The van der Waals surface area contributed by atoms with Gasteiger partial charge in [0.25, 0.3) is 0 Å². The lowest BCUT2D eigenvalue weighted by atomic mass is 9.80. The highest BCUT2D eigenvalue weighted by Gasteiger charge is 2.51. The molecule has 0 amide bonds. The van der Waals surface area contributed by atoms with E-state index in [0.717, 1.165) is 0 Å². The summed E-state index contributed by atoms with van der Waals surface area (Å²) in [6, 6.07) is 6.96. The Morgan fingerprint density at radius 2 is 2.11 bits per heavy atom. The number of aliphatic hydroxyl groups is 1. The number of fused-ring (bicyclic) bond motifs is 1. The van der Waals surface area contributed by atoms with Crippen LogP contribution in [0.3, 0.4) is 0 Å². The number of para-hydroxylation sites is 1. The minimum Gasteiger partial charge on any atom is -0.487 e. The second-order valence-electron chi connectivity index (χ2n) is 5.24. The Bertz CT molecular complexity index is 482. The van der Waals surface area contributed by atoms with Gasteiger partial charge in [-0.2, -0.15) is 0 Å². The molecule has 0 radical (unpaired) electrons. The van der Waals surface area contributed by atoms with Gasteiger partial charge in [0.05, 0.1) is 13.2 Å². The van der Waals surface area contributed by atoms with Crippen molar-refractivity contribution in [2.24, 2.45) is 0 Å². The van der Waals surface area contributed by atoms with Crippen LogP contribution >= 0.6 is 0 Å². The highest BCUT2D eigenvalue weighted by molar-refractivity contribution is 5.81. The predicted octanol–water partition coefficient (Wildman–Crippen LogP) is 1.54. The number of ether oxygens (including phenoxy) is 2. The van der Waals surface area contributed by atoms with Crippen LogP contribution < -0.4 is 4.74 Å². The molecule has 5 heteroatoms. The van der Waals surface area contributed by atoms with Gasteiger partial charge in [-0.25, -0.2) is 4.79 Å². The maximum atomic E-state index is 11.8. The number of rotatable bonds is 4. The summed E-state index contributed by atoms with van der Waals surface area (Å²) >= 11 is 0. The molecule has 2 rings (SSSR count). The van der Waals surface area contributed by atoms with Crippen molar-refractivity contribution in [3.63, 3.8) is 0 Å². The number of benzene rings is 1. The first-order valence-electron chi connectivity index (χ1n) is 6.18. The quantitative estimate of drug-likeness (QED) is 0.864. The van der Waals surface area contributed by atoms with Crippen LogP contribution in [0.5, 0.6) is 5.75 Å². The van der Waals surface area contributed by atoms with Crippen LogP contribution in [0.15, 0.2) is 24.3 Å². The van der Waals surface area contributed by atoms with Gasteiger partial charge < -0.3 is 19.7 Å². The van der Waals surface area contributed by atoms with E-state index in [4.69, 9.17) is 14.6 Å². The molecule has 1 atom stereocenters. The number of hydrogen-bond acceptors (Lipinski definition) is 4. The van der Waals surface area contributed by atoms with Gasteiger partial charge >= 0.3 is 5.97 Å². The average Bonchev–Trinajstić information content (AvgIpc) is 2.34. The van der Waals surface area contributed by atoms with E-state index in [-0.39, 0.29) is 19.6 Å². The van der Waals surface area contributed by atoms with Crippen molar-refractivity contribution in [3.05, 3.63) is 29.8 Å². The lowest BCUT2D eigenvalue weighted by Crippen LogP contribution is -2.50. The Morgan fingerprint density at radius 1 is 1.42 bits per heavy atom. The monoisotopic (exact) mass is 266 g/mol. The fourth-order valence-corrected chi connectivity index (χ4v) is 2.52. The van der Waals surface area contributed by atoms with E-state index in [2.05, 4.69) is 0 Å². The van der Waals surface area contributed by atoms with E-state index < -0.39 is 17.2 Å². The van der Waals surface area contributed by atoms with E-state index in [0.29, 0.717) is 11.3 Å². The third-order valence-corrected chi connectivity index (χ3v) is 3.17. The van der Waals surface area contributed by atoms with E-state index in [1.165, 1.54) is 0 Å². The molecule has 0 spiro atoms. The number of hydrogen-bond donors (Lipinski definition) is 2. The molecule has 1 aliphatic heterocycles. The van der Waals surface area contributed by atoms with Crippen molar-refractivity contribution in [3.8, 4) is 5.75 Å². The second-order valence-corrected chi connectivity index (χ2v) is 5.24. The smallest absolute Gasteiger partial charge is 0.340 e. The van der Waals surface area contributed by atoms with Crippen LogP contribution in [-0.4, -0.2) is 35.0 Å². The van der Waals surface area contributed by atoms with Crippen molar-refractivity contribution in [2.75, 3.05) is 13.2 Å². The lowest BCUT2D eigenvalue weighted by Gasteiger charge is -2.43. The molecule has 1 aliphatic rings. The zero-order valence-electron chi connectivity index (χ0n) is 11.0. The molecular formula is C14H18O5. The van der Waals surface area contributed by atoms with Gasteiger partial charge in [0.2, 0.25) is 0 Å². The van der Waals surface area contributed by atoms with Crippen LogP contribution in [0.4, 0.5) is 0 Å². The number of carboxylic acid groups (broad SMARTS) is 1. The molecule has 0 aromatic heterocycles. The van der Waals surface area contributed by atoms with Crippen molar-refractivity contribution < 1.29 is 24.5 Å². The minimum atomic E-state index is -1.47. The topological polar surface area (TPSA) is 76.0 Å². The molecule has 19 heavy (non-hydrogen) atoms. The molecule has 0 bridgehead atoms. The molecular weight excluding hydrogens is 248 g/mol. The Kier molecular flexibility index (Phi) is 3.52. The van der Waals surface area contributed by atoms with Crippen LogP contribution in [-0.2, 0) is 15.1 Å². The van der Waals surface area contributed by atoms with E-state index in [1.54, 1.807) is 24.3 Å². The van der Waals surface area contributed by atoms with Crippen molar-refractivity contribution in [2.45, 2.75) is 31.5 Å². The Hall–Kier alpha value is -1.59. The standard InChI is InChI=1S/C14H18O5/c1-13(2)9-14(12(16)17,18-8-7-15)10-5-3-4-6-11(10)19-13/h3-6,15H,7-9H2,1-2H3,(H,16,17). The molecule has 0 saturated heterocycles. The summed E-state index contributed by atoms with van der Waals surface area (Å²) in [5, 5.41) is 18.6. The number of aliphatic hydroxyl groups excluding tert-OH is 1. The first-order chi connectivity index (χ1) is 8.91. The van der Waals surface area contributed by atoms with Crippen LogP contribution in [0, 0.1) is 0 Å². The molecule has 0 fully saturated rings. The molecule has 1 heterocycles. The summed E-state index contributed by atoms with van der Waals surface area (Å²) in [5.41, 5.74) is -1.63. The summed E-state index contributed by atoms with van der Waals surface area (Å²) in [6.07, 6.45) is 0.187. The molecule has 1 aromatic carbocycles.